The lowest BCUT2D eigenvalue weighted by Crippen LogP contribution is -2.07. The number of carboxylic acids is 1. The van der Waals surface area contributed by atoms with Crippen LogP contribution in [0.1, 0.15) is 20.3 Å². The van der Waals surface area contributed by atoms with Crippen molar-refractivity contribution in [3.8, 4) is 0 Å². The summed E-state index contributed by atoms with van der Waals surface area (Å²) in [6, 6.07) is 0. The third kappa shape index (κ3) is 10.3. The van der Waals surface area contributed by atoms with Crippen LogP contribution in [-0.4, -0.2) is 24.2 Å². The summed E-state index contributed by atoms with van der Waals surface area (Å²) >= 11 is 0. The number of methoxy groups -OCH3 is 1. The minimum Gasteiger partial charge on any atom is -0.481 e. The molecule has 0 spiro atoms. The van der Waals surface area contributed by atoms with Crippen molar-refractivity contribution < 1.29 is 19.4 Å². The second kappa shape index (κ2) is 8.99. The first-order valence-electron chi connectivity index (χ1n) is 4.44. The molecule has 0 bridgehead atoms. The zero-order valence-corrected chi connectivity index (χ0v) is 9.45. The topological polar surface area (TPSA) is 63.6 Å². The zero-order valence-electron chi connectivity index (χ0n) is 9.45. The average Bonchev–Trinajstić information content (AvgIpc) is 2.17. The minimum absolute atomic E-state index is 0.285. The van der Waals surface area contributed by atoms with Gasteiger partial charge < -0.3 is 9.84 Å². The van der Waals surface area contributed by atoms with Crippen molar-refractivity contribution in [1.82, 2.24) is 0 Å². The summed E-state index contributed by atoms with van der Waals surface area (Å²) in [6.45, 7) is 10.0. The van der Waals surface area contributed by atoms with Gasteiger partial charge in [0.05, 0.1) is 13.0 Å². The molecule has 0 aliphatic heterocycles. The summed E-state index contributed by atoms with van der Waals surface area (Å²) < 4.78 is 4.27. The van der Waals surface area contributed by atoms with E-state index >= 15 is 0 Å². The Morgan fingerprint density at radius 1 is 1.53 bits per heavy atom. The molecule has 0 rings (SSSR count). The van der Waals surface area contributed by atoms with Crippen molar-refractivity contribution in [2.24, 2.45) is 5.92 Å². The monoisotopic (exact) mass is 214 g/mol. The average molecular weight is 214 g/mol. The van der Waals surface area contributed by atoms with E-state index in [4.69, 9.17) is 5.11 Å². The van der Waals surface area contributed by atoms with Crippen LogP contribution in [0, 0.1) is 5.92 Å². The molecule has 1 atom stereocenters. The van der Waals surface area contributed by atoms with Crippen molar-refractivity contribution in [3.05, 3.63) is 24.8 Å². The van der Waals surface area contributed by atoms with Gasteiger partial charge in [-0.1, -0.05) is 19.6 Å². The van der Waals surface area contributed by atoms with Gasteiger partial charge in [0.1, 0.15) is 0 Å². The predicted octanol–water partition coefficient (Wildman–Crippen LogP) is 2.02. The number of rotatable bonds is 4. The van der Waals surface area contributed by atoms with E-state index in [0.29, 0.717) is 12.0 Å². The molecule has 0 aromatic heterocycles. The Morgan fingerprint density at radius 2 is 2.00 bits per heavy atom. The lowest BCUT2D eigenvalue weighted by molar-refractivity contribution is -0.141. The maximum absolute atomic E-state index is 10.2. The fourth-order valence-corrected chi connectivity index (χ4v) is 0.525. The molecular weight excluding hydrogens is 196 g/mol. The van der Waals surface area contributed by atoms with Crippen LogP contribution in [0.25, 0.3) is 0 Å². The first kappa shape index (κ1) is 15.9. The fraction of sp³-hybridized carbons (Fsp3) is 0.455. The van der Waals surface area contributed by atoms with Crippen molar-refractivity contribution in [2.75, 3.05) is 7.11 Å². The van der Waals surface area contributed by atoms with Crippen LogP contribution in [0.15, 0.2) is 24.8 Å². The van der Waals surface area contributed by atoms with E-state index in [1.54, 1.807) is 19.9 Å². The van der Waals surface area contributed by atoms with Gasteiger partial charge in [0.15, 0.2) is 0 Å². The molecule has 1 unspecified atom stereocenters. The smallest absolute Gasteiger partial charge is 0.332 e. The molecule has 1 N–H and O–H groups in total. The SMILES string of the molecule is C=C(C)C(=O)OC.C=CCC(C)C(=O)O. The molecule has 0 aromatic rings. The van der Waals surface area contributed by atoms with Gasteiger partial charge in [0, 0.05) is 5.57 Å². The summed E-state index contributed by atoms with van der Waals surface area (Å²) in [5.41, 5.74) is 0.433. The van der Waals surface area contributed by atoms with Crippen LogP contribution in [0.5, 0.6) is 0 Å². The van der Waals surface area contributed by atoms with E-state index in [1.807, 2.05) is 0 Å². The Hall–Kier alpha value is -1.58. The number of ether oxygens (including phenoxy) is 1. The lowest BCUT2D eigenvalue weighted by Gasteiger charge is -1.97. The van der Waals surface area contributed by atoms with Gasteiger partial charge in [-0.25, -0.2) is 4.79 Å². The van der Waals surface area contributed by atoms with Gasteiger partial charge in [-0.2, -0.15) is 0 Å². The Morgan fingerprint density at radius 3 is 2.07 bits per heavy atom. The lowest BCUT2D eigenvalue weighted by atomic mass is 10.1. The third-order valence-corrected chi connectivity index (χ3v) is 1.48. The maximum Gasteiger partial charge on any atom is 0.332 e. The highest BCUT2D eigenvalue weighted by Gasteiger charge is 2.06. The highest BCUT2D eigenvalue weighted by atomic mass is 16.5. The minimum atomic E-state index is -0.759. The second-order valence-corrected chi connectivity index (χ2v) is 3.04. The van der Waals surface area contributed by atoms with Gasteiger partial charge in [-0.15, -0.1) is 6.58 Å². The number of carbonyl (C=O) groups is 2. The van der Waals surface area contributed by atoms with Gasteiger partial charge in [-0.05, 0) is 13.3 Å². The Balaban J connectivity index is 0. The normalized spacial score (nSPS) is 10.3. The van der Waals surface area contributed by atoms with Gasteiger partial charge >= 0.3 is 11.9 Å². The summed E-state index contributed by atoms with van der Waals surface area (Å²) in [5, 5.41) is 8.27. The molecule has 0 aromatic carbocycles. The molecule has 0 saturated heterocycles. The first-order valence-corrected chi connectivity index (χ1v) is 4.44. The molecule has 0 radical (unpaired) electrons. The van der Waals surface area contributed by atoms with Gasteiger partial charge in [0.25, 0.3) is 0 Å². The molecule has 0 heterocycles. The zero-order chi connectivity index (χ0) is 12.4. The molecule has 0 amide bonds. The summed E-state index contributed by atoms with van der Waals surface area (Å²) in [5.74, 6) is -1.39. The highest BCUT2D eigenvalue weighted by Crippen LogP contribution is 2.00. The Labute approximate surface area is 90.2 Å². The predicted molar refractivity (Wildman–Crippen MR) is 58.4 cm³/mol. The Bertz CT molecular complexity index is 243. The van der Waals surface area contributed by atoms with Crippen LogP contribution >= 0.6 is 0 Å². The number of aliphatic carboxylic acids is 1. The summed E-state index contributed by atoms with van der Waals surface area (Å²) in [7, 11) is 1.33. The van der Waals surface area contributed by atoms with Crippen molar-refractivity contribution in [3.63, 3.8) is 0 Å². The highest BCUT2D eigenvalue weighted by molar-refractivity contribution is 5.86. The molecule has 0 fully saturated rings. The summed E-state index contributed by atoms with van der Waals surface area (Å²) in [6.07, 6.45) is 2.16. The molecule has 0 aliphatic rings. The standard InChI is InChI=1S/C6H10O2.C5H8O2/c1-3-4-5(2)6(7)8;1-4(2)5(6)7-3/h3,5H,1,4H2,2H3,(H,7,8);1H2,2-3H3. The Kier molecular flexibility index (Phi) is 9.52. The number of carbonyl (C=O) groups excluding carboxylic acids is 1. The van der Waals surface area contributed by atoms with Crippen LogP contribution in [0.2, 0.25) is 0 Å². The van der Waals surface area contributed by atoms with Crippen LogP contribution in [-0.2, 0) is 14.3 Å². The van der Waals surface area contributed by atoms with Crippen LogP contribution in [0.4, 0.5) is 0 Å². The fourth-order valence-electron chi connectivity index (χ4n) is 0.525. The quantitative estimate of drug-likeness (QED) is 0.442. The van der Waals surface area contributed by atoms with Gasteiger partial charge in [0.2, 0.25) is 0 Å². The molecule has 4 nitrogen and oxygen atoms in total. The second-order valence-electron chi connectivity index (χ2n) is 3.04. The van der Waals surface area contributed by atoms with Gasteiger partial charge in [-0.3, -0.25) is 4.79 Å². The van der Waals surface area contributed by atoms with E-state index in [2.05, 4.69) is 17.9 Å². The van der Waals surface area contributed by atoms with Crippen molar-refractivity contribution in [1.29, 1.82) is 0 Å². The van der Waals surface area contributed by atoms with Crippen LogP contribution in [0.3, 0.4) is 0 Å². The molecular formula is C11H18O4. The molecule has 86 valence electrons. The van der Waals surface area contributed by atoms with E-state index in [0.717, 1.165) is 0 Å². The van der Waals surface area contributed by atoms with Crippen molar-refractivity contribution >= 4 is 11.9 Å². The number of hydrogen-bond acceptors (Lipinski definition) is 3. The first-order chi connectivity index (χ1) is 6.86. The van der Waals surface area contributed by atoms with E-state index in [1.165, 1.54) is 7.11 Å². The van der Waals surface area contributed by atoms with Crippen LogP contribution < -0.4 is 0 Å². The number of hydrogen-bond donors (Lipinski definition) is 1. The molecule has 15 heavy (non-hydrogen) atoms. The van der Waals surface area contributed by atoms with E-state index in [-0.39, 0.29) is 11.9 Å². The molecule has 0 aliphatic carbocycles. The summed E-state index contributed by atoms with van der Waals surface area (Å²) in [4.78, 5) is 20.2. The largest absolute Gasteiger partial charge is 0.481 e. The number of allylic oxidation sites excluding steroid dienone is 1. The molecule has 0 saturated carbocycles. The third-order valence-electron chi connectivity index (χ3n) is 1.48. The van der Waals surface area contributed by atoms with Crippen molar-refractivity contribution in [2.45, 2.75) is 20.3 Å². The maximum atomic E-state index is 10.2. The number of esters is 1. The number of carboxylic acid groups (broad SMARTS) is 1. The van der Waals surface area contributed by atoms with E-state index in [9.17, 15) is 9.59 Å². The van der Waals surface area contributed by atoms with E-state index < -0.39 is 5.97 Å². The molecule has 4 heteroatoms.